The number of esters is 1. The van der Waals surface area contributed by atoms with Crippen molar-refractivity contribution in [3.05, 3.63) is 90.0 Å². The molecule has 2 N–H and O–H groups in total. The van der Waals surface area contributed by atoms with Crippen molar-refractivity contribution in [3.8, 4) is 17.2 Å². The number of ether oxygens (including phenoxy) is 3. The summed E-state index contributed by atoms with van der Waals surface area (Å²) in [6.07, 6.45) is 4.29. The maximum Gasteiger partial charge on any atom is 0.336 e. The fraction of sp³-hybridized carbons (Fsp3) is 0.111. The van der Waals surface area contributed by atoms with Gasteiger partial charge in [0.15, 0.2) is 11.5 Å². The second-order valence-corrected chi connectivity index (χ2v) is 7.19. The number of hydrazone groups is 1. The molecule has 0 saturated carbocycles. The van der Waals surface area contributed by atoms with E-state index in [2.05, 4.69) is 15.8 Å². The second-order valence-electron chi connectivity index (χ2n) is 7.19. The zero-order chi connectivity index (χ0) is 25.8. The normalized spacial score (nSPS) is 10.7. The van der Waals surface area contributed by atoms with Gasteiger partial charge in [-0.25, -0.2) is 10.2 Å². The Hall–Kier alpha value is -4.92. The highest BCUT2D eigenvalue weighted by molar-refractivity contribution is 6.39. The molecule has 0 fully saturated rings. The van der Waals surface area contributed by atoms with Crippen molar-refractivity contribution >= 4 is 35.8 Å². The summed E-state index contributed by atoms with van der Waals surface area (Å²) < 4.78 is 16.0. The van der Waals surface area contributed by atoms with Gasteiger partial charge in [-0.1, -0.05) is 30.3 Å². The number of hydrogen-bond acceptors (Lipinski definition) is 7. The minimum absolute atomic E-state index is 0.219. The number of anilines is 1. The summed E-state index contributed by atoms with van der Waals surface area (Å²) in [5.74, 6) is -1.22. The van der Waals surface area contributed by atoms with Crippen LogP contribution in [-0.2, 0) is 14.4 Å². The standard InChI is InChI=1S/C27H25N3O6/c1-3-35-22-13-11-21(12-14-22)29-26(32)27(33)30-28-18-20-9-15-23(24(17-20)34-2)36-25(31)16-10-19-7-5-4-6-8-19/h4-18H,3H2,1-2H3,(H,29,32)(H,30,33)/b16-10+,28-18+. The minimum atomic E-state index is -0.942. The molecule has 184 valence electrons. The van der Waals surface area contributed by atoms with Gasteiger partial charge in [0.1, 0.15) is 5.75 Å². The Morgan fingerprint density at radius 3 is 2.33 bits per heavy atom. The zero-order valence-electron chi connectivity index (χ0n) is 19.8. The second kappa shape index (κ2) is 13.1. The van der Waals surface area contributed by atoms with Gasteiger partial charge in [0, 0.05) is 11.8 Å². The summed E-state index contributed by atoms with van der Waals surface area (Å²) in [6, 6.07) is 20.7. The molecule has 36 heavy (non-hydrogen) atoms. The Balaban J connectivity index is 1.54. The third kappa shape index (κ3) is 7.84. The molecule has 0 aliphatic rings. The van der Waals surface area contributed by atoms with E-state index in [0.29, 0.717) is 29.4 Å². The molecular formula is C27H25N3O6. The van der Waals surface area contributed by atoms with Crippen LogP contribution in [-0.4, -0.2) is 37.7 Å². The van der Waals surface area contributed by atoms with Gasteiger partial charge in [-0.15, -0.1) is 0 Å². The van der Waals surface area contributed by atoms with E-state index in [1.807, 2.05) is 37.3 Å². The quantitative estimate of drug-likeness (QED) is 0.118. The van der Waals surface area contributed by atoms with Crippen molar-refractivity contribution in [3.63, 3.8) is 0 Å². The molecule has 0 aromatic heterocycles. The molecule has 3 aromatic rings. The maximum absolute atomic E-state index is 12.1. The van der Waals surface area contributed by atoms with E-state index >= 15 is 0 Å². The van der Waals surface area contributed by atoms with Crippen molar-refractivity contribution in [1.29, 1.82) is 0 Å². The highest BCUT2D eigenvalue weighted by Crippen LogP contribution is 2.28. The van der Waals surface area contributed by atoms with Crippen LogP contribution in [0.15, 0.2) is 84.0 Å². The number of nitrogens with one attached hydrogen (secondary N) is 2. The first-order chi connectivity index (χ1) is 17.5. The molecule has 3 rings (SSSR count). The Morgan fingerprint density at radius 2 is 1.64 bits per heavy atom. The van der Waals surface area contributed by atoms with Crippen LogP contribution in [0.3, 0.4) is 0 Å². The molecule has 2 amide bonds. The van der Waals surface area contributed by atoms with Crippen LogP contribution in [0.1, 0.15) is 18.1 Å². The fourth-order valence-corrected chi connectivity index (χ4v) is 2.92. The Labute approximate surface area is 208 Å². The first-order valence-corrected chi connectivity index (χ1v) is 11.0. The first-order valence-electron chi connectivity index (χ1n) is 11.0. The van der Waals surface area contributed by atoms with Crippen LogP contribution in [0.2, 0.25) is 0 Å². The summed E-state index contributed by atoms with van der Waals surface area (Å²) >= 11 is 0. The summed E-state index contributed by atoms with van der Waals surface area (Å²) in [5, 5.41) is 6.26. The number of rotatable bonds is 9. The van der Waals surface area contributed by atoms with Crippen molar-refractivity contribution < 1.29 is 28.6 Å². The summed E-state index contributed by atoms with van der Waals surface area (Å²) in [6.45, 7) is 2.39. The monoisotopic (exact) mass is 487 g/mol. The molecule has 0 spiro atoms. The van der Waals surface area contributed by atoms with Gasteiger partial charge in [0.2, 0.25) is 0 Å². The van der Waals surface area contributed by atoms with Gasteiger partial charge >= 0.3 is 17.8 Å². The van der Waals surface area contributed by atoms with Crippen molar-refractivity contribution in [1.82, 2.24) is 5.43 Å². The number of carbonyl (C=O) groups excluding carboxylic acids is 3. The highest BCUT2D eigenvalue weighted by atomic mass is 16.6. The van der Waals surface area contributed by atoms with Crippen LogP contribution in [0.5, 0.6) is 17.2 Å². The van der Waals surface area contributed by atoms with Gasteiger partial charge in [-0.2, -0.15) is 5.10 Å². The number of nitrogens with zero attached hydrogens (tertiary/aromatic N) is 1. The lowest BCUT2D eigenvalue weighted by atomic mass is 10.2. The molecule has 9 heteroatoms. The number of benzene rings is 3. The smallest absolute Gasteiger partial charge is 0.336 e. The van der Waals surface area contributed by atoms with Gasteiger partial charge in [0.05, 0.1) is 19.9 Å². The van der Waals surface area contributed by atoms with Crippen LogP contribution in [0.25, 0.3) is 6.08 Å². The summed E-state index contributed by atoms with van der Waals surface area (Å²) in [4.78, 5) is 36.2. The molecule has 0 unspecified atom stereocenters. The molecule has 0 atom stereocenters. The first kappa shape index (κ1) is 25.7. The largest absolute Gasteiger partial charge is 0.494 e. The Bertz CT molecular complexity index is 1250. The van der Waals surface area contributed by atoms with Crippen LogP contribution >= 0.6 is 0 Å². The molecule has 9 nitrogen and oxygen atoms in total. The lowest BCUT2D eigenvalue weighted by Gasteiger charge is -2.08. The van der Waals surface area contributed by atoms with Crippen LogP contribution in [0, 0.1) is 0 Å². The zero-order valence-corrected chi connectivity index (χ0v) is 19.8. The third-order valence-corrected chi connectivity index (χ3v) is 4.62. The number of carbonyl (C=O) groups is 3. The van der Waals surface area contributed by atoms with Crippen molar-refractivity contribution in [2.75, 3.05) is 19.0 Å². The summed E-state index contributed by atoms with van der Waals surface area (Å²) in [5.41, 5.74) is 4.00. The highest BCUT2D eigenvalue weighted by Gasteiger charge is 2.13. The van der Waals surface area contributed by atoms with E-state index in [0.717, 1.165) is 5.56 Å². The molecule has 3 aromatic carbocycles. The molecular weight excluding hydrogens is 462 g/mol. The van der Waals surface area contributed by atoms with Crippen LogP contribution < -0.4 is 25.0 Å². The predicted octanol–water partition coefficient (Wildman–Crippen LogP) is 3.80. The van der Waals surface area contributed by atoms with E-state index in [9.17, 15) is 14.4 Å². The lowest BCUT2D eigenvalue weighted by molar-refractivity contribution is -0.136. The fourth-order valence-electron chi connectivity index (χ4n) is 2.92. The Morgan fingerprint density at radius 1 is 0.889 bits per heavy atom. The number of amides is 2. The molecule has 0 heterocycles. The van der Waals surface area contributed by atoms with E-state index in [4.69, 9.17) is 14.2 Å². The molecule has 0 saturated heterocycles. The van der Waals surface area contributed by atoms with Crippen molar-refractivity contribution in [2.45, 2.75) is 6.92 Å². The topological polar surface area (TPSA) is 115 Å². The lowest BCUT2D eigenvalue weighted by Crippen LogP contribution is -2.32. The molecule has 0 radical (unpaired) electrons. The average molecular weight is 488 g/mol. The third-order valence-electron chi connectivity index (χ3n) is 4.62. The molecule has 0 bridgehead atoms. The maximum atomic E-state index is 12.1. The predicted molar refractivity (Wildman–Crippen MR) is 136 cm³/mol. The Kier molecular flexibility index (Phi) is 9.35. The van der Waals surface area contributed by atoms with E-state index in [1.54, 1.807) is 42.5 Å². The van der Waals surface area contributed by atoms with Gasteiger partial charge in [-0.05, 0) is 66.6 Å². The van der Waals surface area contributed by atoms with Gasteiger partial charge in [0.25, 0.3) is 0 Å². The van der Waals surface area contributed by atoms with Gasteiger partial charge in [-0.3, -0.25) is 9.59 Å². The van der Waals surface area contributed by atoms with E-state index in [1.165, 1.54) is 25.5 Å². The van der Waals surface area contributed by atoms with E-state index < -0.39 is 17.8 Å². The van der Waals surface area contributed by atoms with Crippen LogP contribution in [0.4, 0.5) is 5.69 Å². The molecule has 0 aliphatic carbocycles. The average Bonchev–Trinajstić information content (AvgIpc) is 2.90. The van der Waals surface area contributed by atoms with E-state index in [-0.39, 0.29) is 5.75 Å². The van der Waals surface area contributed by atoms with Gasteiger partial charge < -0.3 is 19.5 Å². The summed E-state index contributed by atoms with van der Waals surface area (Å²) in [7, 11) is 1.43. The van der Waals surface area contributed by atoms with Crippen molar-refractivity contribution in [2.24, 2.45) is 5.10 Å². The number of hydrogen-bond donors (Lipinski definition) is 2. The minimum Gasteiger partial charge on any atom is -0.494 e. The molecule has 0 aliphatic heterocycles. The number of methoxy groups -OCH3 is 1. The SMILES string of the molecule is CCOc1ccc(NC(=O)C(=O)N/N=C/c2ccc(OC(=O)/C=C/c3ccccc3)c(OC)c2)cc1.